The molecule has 3 aromatic rings. The number of carbonyl (C=O) groups excluding carboxylic acids is 1. The molecule has 142 valence electrons. The van der Waals surface area contributed by atoms with Crippen LogP contribution in [0.2, 0.25) is 0 Å². The van der Waals surface area contributed by atoms with Crippen LogP contribution in [0.15, 0.2) is 59.8 Å². The molecular formula is C19H18N6O3. The summed E-state index contributed by atoms with van der Waals surface area (Å²) >= 11 is 0. The van der Waals surface area contributed by atoms with E-state index in [9.17, 15) is 14.9 Å². The van der Waals surface area contributed by atoms with Crippen LogP contribution in [0.4, 0.5) is 11.5 Å². The topological polar surface area (TPSA) is 114 Å². The Labute approximate surface area is 160 Å². The summed E-state index contributed by atoms with van der Waals surface area (Å²) in [5.41, 5.74) is 8.52. The highest BCUT2D eigenvalue weighted by molar-refractivity contribution is 6.00. The number of carbonyl (C=O) groups is 1. The van der Waals surface area contributed by atoms with Crippen LogP contribution in [0.25, 0.3) is 0 Å². The van der Waals surface area contributed by atoms with E-state index in [0.717, 1.165) is 23.1 Å². The summed E-state index contributed by atoms with van der Waals surface area (Å²) in [6.07, 6.45) is 2.75. The van der Waals surface area contributed by atoms with Gasteiger partial charge in [-0.1, -0.05) is 18.2 Å². The fraction of sp³-hybridized carbons (Fsp3) is 0.105. The second-order valence-corrected chi connectivity index (χ2v) is 6.00. The Kier molecular flexibility index (Phi) is 5.45. The van der Waals surface area contributed by atoms with Crippen molar-refractivity contribution in [1.82, 2.24) is 9.66 Å². The first-order chi connectivity index (χ1) is 13.5. The van der Waals surface area contributed by atoms with Crippen LogP contribution < -0.4 is 10.9 Å². The van der Waals surface area contributed by atoms with Crippen molar-refractivity contribution in [3.8, 4) is 0 Å². The zero-order valence-corrected chi connectivity index (χ0v) is 15.3. The van der Waals surface area contributed by atoms with Crippen molar-refractivity contribution >= 4 is 23.6 Å². The number of aryl methyl sites for hydroxylation is 1. The zero-order chi connectivity index (χ0) is 20.1. The molecule has 0 unspecified atom stereocenters. The Bertz CT molecular complexity index is 1030. The molecule has 2 aromatic heterocycles. The molecule has 0 bridgehead atoms. The van der Waals surface area contributed by atoms with Crippen LogP contribution >= 0.6 is 0 Å². The van der Waals surface area contributed by atoms with E-state index in [0.29, 0.717) is 11.4 Å². The Morgan fingerprint density at radius 2 is 1.96 bits per heavy atom. The lowest BCUT2D eigenvalue weighted by Crippen LogP contribution is -2.24. The molecule has 9 nitrogen and oxygen atoms in total. The van der Waals surface area contributed by atoms with Gasteiger partial charge in [0.15, 0.2) is 0 Å². The highest BCUT2D eigenvalue weighted by Gasteiger charge is 2.11. The number of amides is 1. The van der Waals surface area contributed by atoms with E-state index in [2.05, 4.69) is 20.9 Å². The van der Waals surface area contributed by atoms with Gasteiger partial charge < -0.3 is 0 Å². The van der Waals surface area contributed by atoms with Gasteiger partial charge in [-0.3, -0.25) is 30.4 Å². The molecule has 0 saturated carbocycles. The minimum Gasteiger partial charge on any atom is -0.267 e. The third kappa shape index (κ3) is 4.21. The number of benzene rings is 1. The van der Waals surface area contributed by atoms with E-state index in [-0.39, 0.29) is 11.6 Å². The van der Waals surface area contributed by atoms with Crippen LogP contribution in [0, 0.1) is 24.0 Å². The first kappa shape index (κ1) is 18.8. The van der Waals surface area contributed by atoms with Crippen molar-refractivity contribution in [1.29, 1.82) is 0 Å². The van der Waals surface area contributed by atoms with Crippen molar-refractivity contribution in [2.75, 3.05) is 10.9 Å². The lowest BCUT2D eigenvalue weighted by Gasteiger charge is -2.11. The van der Waals surface area contributed by atoms with Crippen LogP contribution in [0.1, 0.15) is 27.3 Å². The van der Waals surface area contributed by atoms with Gasteiger partial charge in [-0.05, 0) is 38.1 Å². The van der Waals surface area contributed by atoms with E-state index >= 15 is 0 Å². The number of anilines is 1. The van der Waals surface area contributed by atoms with Crippen LogP contribution in [0.3, 0.4) is 0 Å². The Balaban J connectivity index is 1.70. The summed E-state index contributed by atoms with van der Waals surface area (Å²) in [6.45, 7) is 3.74. The predicted octanol–water partition coefficient (Wildman–Crippen LogP) is 3.24. The molecule has 0 fully saturated rings. The fourth-order valence-electron chi connectivity index (χ4n) is 2.57. The molecule has 1 amide bonds. The molecule has 0 aliphatic rings. The first-order valence-corrected chi connectivity index (χ1v) is 8.40. The maximum absolute atomic E-state index is 12.4. The van der Waals surface area contributed by atoms with E-state index in [1.807, 2.05) is 26.0 Å². The van der Waals surface area contributed by atoms with Gasteiger partial charge in [0.1, 0.15) is 12.0 Å². The quantitative estimate of drug-likeness (QED) is 0.388. The largest absolute Gasteiger partial charge is 0.287 e. The van der Waals surface area contributed by atoms with Crippen molar-refractivity contribution < 1.29 is 9.72 Å². The minimum absolute atomic E-state index is 0.0905. The molecule has 3 rings (SSSR count). The van der Waals surface area contributed by atoms with Gasteiger partial charge in [-0.15, -0.1) is 0 Å². The minimum atomic E-state index is -0.515. The Morgan fingerprint density at radius 1 is 1.21 bits per heavy atom. The van der Waals surface area contributed by atoms with Gasteiger partial charge in [0.2, 0.25) is 0 Å². The van der Waals surface area contributed by atoms with Gasteiger partial charge in [-0.2, -0.15) is 5.10 Å². The molecule has 0 radical (unpaired) electrons. The van der Waals surface area contributed by atoms with Gasteiger partial charge in [0, 0.05) is 28.6 Å². The smallest absolute Gasteiger partial charge is 0.267 e. The van der Waals surface area contributed by atoms with E-state index < -0.39 is 4.92 Å². The number of nitrogens with zero attached hydrogens (tertiary/aromatic N) is 4. The number of hydrazone groups is 1. The predicted molar refractivity (Wildman–Crippen MR) is 106 cm³/mol. The van der Waals surface area contributed by atoms with Crippen molar-refractivity contribution in [2.24, 2.45) is 5.10 Å². The highest BCUT2D eigenvalue weighted by Crippen LogP contribution is 2.14. The van der Waals surface area contributed by atoms with Crippen molar-refractivity contribution in [3.63, 3.8) is 0 Å². The number of rotatable bonds is 6. The molecule has 28 heavy (non-hydrogen) atoms. The molecule has 0 spiro atoms. The van der Waals surface area contributed by atoms with Crippen molar-refractivity contribution in [2.45, 2.75) is 13.8 Å². The van der Waals surface area contributed by atoms with Crippen LogP contribution in [-0.4, -0.2) is 26.7 Å². The summed E-state index contributed by atoms with van der Waals surface area (Å²) < 4.78 is 1.70. The van der Waals surface area contributed by atoms with E-state index in [4.69, 9.17) is 0 Å². The van der Waals surface area contributed by atoms with Crippen LogP contribution in [0.5, 0.6) is 0 Å². The Morgan fingerprint density at radius 3 is 2.61 bits per heavy atom. The van der Waals surface area contributed by atoms with E-state index in [1.165, 1.54) is 12.1 Å². The average Bonchev–Trinajstić information content (AvgIpc) is 2.96. The summed E-state index contributed by atoms with van der Waals surface area (Å²) in [7, 11) is 0. The van der Waals surface area contributed by atoms with Gasteiger partial charge in [0.25, 0.3) is 11.6 Å². The lowest BCUT2D eigenvalue weighted by atomic mass is 10.2. The number of hydrogen-bond donors (Lipinski definition) is 2. The standard InChI is InChI=1S/C19H18N6O3/c1-13-10-16(11-21-22-18-9-8-17(12-20-18)25(27)28)14(2)24(13)23-19(26)15-6-4-3-5-7-15/h3-12H,1-2H3,(H,20,22)(H,23,26)/b21-11-. The maximum atomic E-state index is 12.4. The monoisotopic (exact) mass is 378 g/mol. The third-order valence-electron chi connectivity index (χ3n) is 4.06. The summed E-state index contributed by atoms with van der Waals surface area (Å²) in [4.78, 5) is 26.4. The van der Waals surface area contributed by atoms with Gasteiger partial charge >= 0.3 is 0 Å². The number of aromatic nitrogens is 2. The normalized spacial score (nSPS) is 10.8. The number of hydrogen-bond acceptors (Lipinski definition) is 6. The third-order valence-corrected chi connectivity index (χ3v) is 4.06. The van der Waals surface area contributed by atoms with Gasteiger partial charge in [0.05, 0.1) is 11.1 Å². The number of pyridine rings is 1. The summed E-state index contributed by atoms with van der Waals surface area (Å²) in [6, 6.07) is 13.6. The number of nitro groups is 1. The lowest BCUT2D eigenvalue weighted by molar-refractivity contribution is -0.385. The second kappa shape index (κ2) is 8.12. The summed E-state index contributed by atoms with van der Waals surface area (Å²) in [5.74, 6) is 0.173. The molecule has 0 atom stereocenters. The summed E-state index contributed by atoms with van der Waals surface area (Å²) in [5, 5.41) is 14.7. The molecule has 0 aliphatic carbocycles. The molecule has 2 N–H and O–H groups in total. The maximum Gasteiger partial charge on any atom is 0.287 e. The van der Waals surface area contributed by atoms with Gasteiger partial charge in [-0.25, -0.2) is 4.98 Å². The SMILES string of the molecule is Cc1cc(/C=N\Nc2ccc([N+](=O)[O-])cn2)c(C)n1NC(=O)c1ccccc1. The highest BCUT2D eigenvalue weighted by atomic mass is 16.6. The molecule has 0 aliphatic heterocycles. The molecule has 9 heteroatoms. The van der Waals surface area contributed by atoms with E-state index in [1.54, 1.807) is 35.2 Å². The Hall–Kier alpha value is -4.01. The van der Waals surface area contributed by atoms with Crippen LogP contribution in [-0.2, 0) is 0 Å². The molecule has 0 saturated heterocycles. The zero-order valence-electron chi connectivity index (χ0n) is 15.3. The second-order valence-electron chi connectivity index (χ2n) is 6.00. The average molecular weight is 378 g/mol. The number of nitrogens with one attached hydrogen (secondary N) is 2. The fourth-order valence-corrected chi connectivity index (χ4v) is 2.57. The molecule has 2 heterocycles. The van der Waals surface area contributed by atoms with Crippen molar-refractivity contribution in [3.05, 3.63) is 87.4 Å². The molecule has 1 aromatic carbocycles. The first-order valence-electron chi connectivity index (χ1n) is 8.40. The molecular weight excluding hydrogens is 360 g/mol.